The minimum atomic E-state index is -0.257. The van der Waals surface area contributed by atoms with Gasteiger partial charge >= 0.3 is 0 Å². The second-order valence-electron chi connectivity index (χ2n) is 5.45. The van der Waals surface area contributed by atoms with Gasteiger partial charge in [-0.15, -0.1) is 0 Å². The summed E-state index contributed by atoms with van der Waals surface area (Å²) >= 11 is 0. The number of rotatable bonds is 4. The van der Waals surface area contributed by atoms with Crippen molar-refractivity contribution in [3.05, 3.63) is 71.4 Å². The second kappa shape index (κ2) is 6.80. The van der Waals surface area contributed by atoms with E-state index in [2.05, 4.69) is 16.6 Å². The van der Waals surface area contributed by atoms with Gasteiger partial charge in [0.1, 0.15) is 6.54 Å². The Morgan fingerprint density at radius 3 is 2.75 bits per heavy atom. The molecule has 118 valence electrons. The lowest BCUT2D eigenvalue weighted by Gasteiger charge is -1.99. The summed E-state index contributed by atoms with van der Waals surface area (Å²) in [7, 11) is 0. The van der Waals surface area contributed by atoms with Crippen LogP contribution in [0, 0.1) is 18.3 Å². The predicted molar refractivity (Wildman–Crippen MR) is 93.8 cm³/mol. The number of aryl methyl sites for hydroxylation is 1. The van der Waals surface area contributed by atoms with Gasteiger partial charge in [-0.1, -0.05) is 35.9 Å². The van der Waals surface area contributed by atoms with Crippen LogP contribution in [-0.4, -0.2) is 16.7 Å². The number of amides is 1. The van der Waals surface area contributed by atoms with Gasteiger partial charge in [-0.25, -0.2) is 5.43 Å². The third kappa shape index (κ3) is 3.18. The Balaban J connectivity index is 1.79. The van der Waals surface area contributed by atoms with E-state index >= 15 is 0 Å². The van der Waals surface area contributed by atoms with E-state index in [-0.39, 0.29) is 12.5 Å². The third-order valence-electron chi connectivity index (χ3n) is 3.74. The molecule has 0 fully saturated rings. The van der Waals surface area contributed by atoms with Crippen LogP contribution in [-0.2, 0) is 6.54 Å². The molecule has 24 heavy (non-hydrogen) atoms. The van der Waals surface area contributed by atoms with Crippen molar-refractivity contribution in [1.29, 1.82) is 5.26 Å². The molecule has 5 nitrogen and oxygen atoms in total. The zero-order valence-corrected chi connectivity index (χ0v) is 13.2. The average Bonchev–Trinajstić information content (AvgIpc) is 2.94. The summed E-state index contributed by atoms with van der Waals surface area (Å²) in [5.74, 6) is -0.257. The fourth-order valence-electron chi connectivity index (χ4n) is 2.51. The number of fused-ring (bicyclic) bond motifs is 1. The molecule has 0 aliphatic rings. The van der Waals surface area contributed by atoms with Crippen LogP contribution >= 0.6 is 0 Å². The van der Waals surface area contributed by atoms with E-state index in [1.807, 2.05) is 54.1 Å². The molecule has 0 unspecified atom stereocenters. The average molecular weight is 316 g/mol. The van der Waals surface area contributed by atoms with E-state index in [4.69, 9.17) is 5.26 Å². The van der Waals surface area contributed by atoms with E-state index in [1.54, 1.807) is 18.3 Å². The highest BCUT2D eigenvalue weighted by Crippen LogP contribution is 2.19. The van der Waals surface area contributed by atoms with Crippen LogP contribution in [0.1, 0.15) is 21.5 Å². The topological polar surface area (TPSA) is 70.2 Å². The number of carbonyl (C=O) groups excluding carboxylic acids is 1. The molecule has 2 aromatic carbocycles. The number of benzene rings is 2. The second-order valence-corrected chi connectivity index (χ2v) is 5.45. The number of nitrogens with zero attached hydrogens (tertiary/aromatic N) is 3. The number of hydrogen-bond acceptors (Lipinski definition) is 3. The first kappa shape index (κ1) is 15.5. The zero-order valence-electron chi connectivity index (χ0n) is 13.2. The Labute approximate surface area is 139 Å². The summed E-state index contributed by atoms with van der Waals surface area (Å²) in [5.41, 5.74) is 6.00. The minimum Gasteiger partial charge on any atom is -0.333 e. The highest BCUT2D eigenvalue weighted by atomic mass is 16.2. The Hall–Kier alpha value is -3.39. The molecule has 0 aliphatic heterocycles. The molecule has 1 N–H and O–H groups in total. The third-order valence-corrected chi connectivity index (χ3v) is 3.74. The van der Waals surface area contributed by atoms with E-state index in [9.17, 15) is 4.79 Å². The molecule has 1 aromatic heterocycles. The number of carbonyl (C=O) groups is 1. The van der Waals surface area contributed by atoms with Crippen LogP contribution in [0.3, 0.4) is 0 Å². The molecular weight excluding hydrogens is 300 g/mol. The van der Waals surface area contributed by atoms with E-state index < -0.39 is 0 Å². The molecule has 0 atom stereocenters. The van der Waals surface area contributed by atoms with Crippen LogP contribution < -0.4 is 5.43 Å². The Morgan fingerprint density at radius 2 is 2.00 bits per heavy atom. The van der Waals surface area contributed by atoms with Crippen molar-refractivity contribution in [3.8, 4) is 6.07 Å². The molecule has 3 aromatic rings. The first-order valence-corrected chi connectivity index (χ1v) is 7.54. The minimum absolute atomic E-state index is 0.257. The highest BCUT2D eigenvalue weighted by molar-refractivity contribution is 6.00. The summed E-state index contributed by atoms with van der Waals surface area (Å²) < 4.78 is 1.86. The van der Waals surface area contributed by atoms with Crippen LogP contribution in [0.15, 0.2) is 59.8 Å². The van der Waals surface area contributed by atoms with Gasteiger partial charge in [-0.2, -0.15) is 10.4 Å². The summed E-state index contributed by atoms with van der Waals surface area (Å²) in [6.45, 7) is 2.24. The van der Waals surface area contributed by atoms with Gasteiger partial charge in [0.15, 0.2) is 0 Å². The normalized spacial score (nSPS) is 10.8. The quantitative estimate of drug-likeness (QED) is 0.593. The summed E-state index contributed by atoms with van der Waals surface area (Å²) in [4.78, 5) is 12.0. The Morgan fingerprint density at radius 1 is 1.25 bits per heavy atom. The van der Waals surface area contributed by atoms with Crippen molar-refractivity contribution in [3.63, 3.8) is 0 Å². The lowest BCUT2D eigenvalue weighted by molar-refractivity contribution is 0.0955. The molecular formula is C19H16N4O. The van der Waals surface area contributed by atoms with Gasteiger partial charge in [0.2, 0.25) is 0 Å². The first-order valence-electron chi connectivity index (χ1n) is 7.54. The SMILES string of the molecule is Cc1ccc(C(=O)N/N=C\c2cn(CC#N)c3ccccc23)cc1. The largest absolute Gasteiger partial charge is 0.333 e. The van der Waals surface area contributed by atoms with Crippen LogP contribution in [0.2, 0.25) is 0 Å². The van der Waals surface area contributed by atoms with Gasteiger partial charge in [0.05, 0.1) is 12.3 Å². The number of hydrogen-bond donors (Lipinski definition) is 1. The maximum Gasteiger partial charge on any atom is 0.271 e. The van der Waals surface area contributed by atoms with E-state index in [0.717, 1.165) is 22.0 Å². The van der Waals surface area contributed by atoms with Crippen molar-refractivity contribution in [1.82, 2.24) is 9.99 Å². The van der Waals surface area contributed by atoms with Crippen LogP contribution in [0.25, 0.3) is 10.9 Å². The number of para-hydroxylation sites is 1. The van der Waals surface area contributed by atoms with Crippen molar-refractivity contribution in [2.45, 2.75) is 13.5 Å². The van der Waals surface area contributed by atoms with Crippen molar-refractivity contribution >= 4 is 23.0 Å². The molecule has 5 heteroatoms. The summed E-state index contributed by atoms with van der Waals surface area (Å²) in [6, 6.07) is 17.2. The maximum atomic E-state index is 12.0. The fraction of sp³-hybridized carbons (Fsp3) is 0.105. The smallest absolute Gasteiger partial charge is 0.271 e. The molecule has 0 aliphatic carbocycles. The van der Waals surface area contributed by atoms with Gasteiger partial charge in [-0.3, -0.25) is 4.79 Å². The van der Waals surface area contributed by atoms with E-state index in [1.165, 1.54) is 0 Å². The van der Waals surface area contributed by atoms with Crippen molar-refractivity contribution < 1.29 is 4.79 Å². The Kier molecular flexibility index (Phi) is 4.39. The highest BCUT2D eigenvalue weighted by Gasteiger charge is 2.07. The predicted octanol–water partition coefficient (Wildman–Crippen LogP) is 3.24. The number of aromatic nitrogens is 1. The molecule has 0 bridgehead atoms. The molecule has 0 saturated carbocycles. The standard InChI is InChI=1S/C19H16N4O/c1-14-6-8-15(9-7-14)19(24)22-21-12-16-13-23(11-10-20)18-5-3-2-4-17(16)18/h2-9,12-13H,11H2,1H3,(H,22,24)/b21-12-. The monoisotopic (exact) mass is 316 g/mol. The maximum absolute atomic E-state index is 12.0. The Bertz CT molecular complexity index is 946. The lowest BCUT2D eigenvalue weighted by atomic mass is 10.1. The van der Waals surface area contributed by atoms with Crippen LogP contribution in [0.5, 0.6) is 0 Å². The van der Waals surface area contributed by atoms with Gasteiger partial charge in [-0.05, 0) is 25.1 Å². The lowest BCUT2D eigenvalue weighted by Crippen LogP contribution is -2.17. The van der Waals surface area contributed by atoms with Crippen molar-refractivity contribution in [2.24, 2.45) is 5.10 Å². The molecule has 0 radical (unpaired) electrons. The molecule has 0 spiro atoms. The van der Waals surface area contributed by atoms with Gasteiger partial charge in [0, 0.05) is 28.2 Å². The van der Waals surface area contributed by atoms with Gasteiger partial charge in [0.25, 0.3) is 5.91 Å². The number of nitrogens with one attached hydrogen (secondary N) is 1. The van der Waals surface area contributed by atoms with Gasteiger partial charge < -0.3 is 4.57 Å². The summed E-state index contributed by atoms with van der Waals surface area (Å²) in [6.07, 6.45) is 3.46. The summed E-state index contributed by atoms with van der Waals surface area (Å²) in [5, 5.41) is 14.0. The zero-order chi connectivity index (χ0) is 16.9. The van der Waals surface area contributed by atoms with E-state index in [0.29, 0.717) is 5.56 Å². The molecule has 0 saturated heterocycles. The molecule has 1 amide bonds. The fourth-order valence-corrected chi connectivity index (χ4v) is 2.51. The number of hydrazone groups is 1. The number of nitriles is 1. The molecule has 1 heterocycles. The van der Waals surface area contributed by atoms with Crippen molar-refractivity contribution in [2.75, 3.05) is 0 Å². The molecule has 3 rings (SSSR count). The first-order chi connectivity index (χ1) is 11.7. The van der Waals surface area contributed by atoms with Crippen LogP contribution in [0.4, 0.5) is 0 Å².